The van der Waals surface area contributed by atoms with Crippen LogP contribution in [0.5, 0.6) is 0 Å². The van der Waals surface area contributed by atoms with Crippen LogP contribution >= 0.6 is 0 Å². The molecular weight excluding hydrogens is 832 g/mol. The van der Waals surface area contributed by atoms with Crippen molar-refractivity contribution in [3.05, 3.63) is 0 Å². The largest absolute Gasteiger partial charge is 0.479 e. The van der Waals surface area contributed by atoms with Crippen LogP contribution in [0.4, 0.5) is 0 Å². The first-order valence-corrected chi connectivity index (χ1v) is 18.5. The molecule has 28 heteroatoms. The summed E-state index contributed by atoms with van der Waals surface area (Å²) in [5.74, 6) is -2.78. The van der Waals surface area contributed by atoms with Gasteiger partial charge in [0.15, 0.2) is 37.6 Å². The Morgan fingerprint density at radius 1 is 0.433 bits per heavy atom. The van der Waals surface area contributed by atoms with Gasteiger partial charge in [0.05, 0.1) is 19.8 Å². The van der Waals surface area contributed by atoms with E-state index >= 15 is 0 Å². The number of carbonyl (C=O) groups excluding carboxylic acids is 1. The van der Waals surface area contributed by atoms with Gasteiger partial charge in [0, 0.05) is 6.92 Å². The zero-order valence-electron chi connectivity index (χ0n) is 31.3. The van der Waals surface area contributed by atoms with Gasteiger partial charge in [-0.2, -0.15) is 0 Å². The number of esters is 1. The zero-order chi connectivity index (χ0) is 44.5. The number of carbonyl (C=O) groups is 2. The maximum absolute atomic E-state index is 12.4. The van der Waals surface area contributed by atoms with Gasteiger partial charge in [-0.15, -0.1) is 0 Å². The molecule has 0 aromatic rings. The molecule has 0 spiro atoms. The molecule has 25 atom stereocenters. The van der Waals surface area contributed by atoms with E-state index in [-0.39, 0.29) is 0 Å². The number of aliphatic hydroxyl groups is 15. The minimum atomic E-state index is -2.37. The number of carboxylic acid groups (broad SMARTS) is 1. The summed E-state index contributed by atoms with van der Waals surface area (Å²) in [6.45, 7) is -2.62. The van der Waals surface area contributed by atoms with Crippen molar-refractivity contribution in [3.8, 4) is 0 Å². The molecule has 0 amide bonds. The number of aliphatic carboxylic acids is 1. The molecule has 0 aliphatic carbocycles. The molecule has 348 valence electrons. The van der Waals surface area contributed by atoms with Crippen molar-refractivity contribution in [1.29, 1.82) is 0 Å². The fraction of sp³-hybridized carbons (Fsp3) is 0.938. The van der Waals surface area contributed by atoms with Crippen LogP contribution in [0.1, 0.15) is 6.92 Å². The van der Waals surface area contributed by atoms with Crippen LogP contribution in [0.2, 0.25) is 0 Å². The third-order valence-corrected chi connectivity index (χ3v) is 10.6. The lowest BCUT2D eigenvalue weighted by atomic mass is 9.95. The van der Waals surface area contributed by atoms with Crippen molar-refractivity contribution in [2.75, 3.05) is 26.4 Å². The fourth-order valence-corrected chi connectivity index (χ4v) is 7.15. The third-order valence-electron chi connectivity index (χ3n) is 10.6. The molecule has 5 rings (SSSR count). The molecule has 5 saturated heterocycles. The molecule has 60 heavy (non-hydrogen) atoms. The van der Waals surface area contributed by atoms with Gasteiger partial charge < -0.3 is 129 Å². The molecule has 28 nitrogen and oxygen atoms in total. The topological polar surface area (TPSA) is 450 Å². The number of rotatable bonds is 14. The normalized spacial score (nSPS) is 50.2. The summed E-state index contributed by atoms with van der Waals surface area (Å²) in [5.41, 5.74) is 0. The Hall–Kier alpha value is -2.02. The molecule has 0 aromatic carbocycles. The highest BCUT2D eigenvalue weighted by Crippen LogP contribution is 2.36. The molecule has 5 heterocycles. The molecule has 0 bridgehead atoms. The first-order valence-electron chi connectivity index (χ1n) is 18.5. The van der Waals surface area contributed by atoms with Gasteiger partial charge in [-0.05, 0) is 0 Å². The molecule has 0 saturated carbocycles. The molecule has 5 fully saturated rings. The van der Waals surface area contributed by atoms with Crippen molar-refractivity contribution < 1.29 is 139 Å². The number of hydrogen-bond donors (Lipinski definition) is 16. The van der Waals surface area contributed by atoms with E-state index in [1.807, 2.05) is 0 Å². The quantitative estimate of drug-likeness (QED) is 0.0720. The second-order valence-corrected chi connectivity index (χ2v) is 14.6. The molecule has 16 N–H and O–H groups in total. The van der Waals surface area contributed by atoms with E-state index in [0.717, 1.165) is 6.92 Å². The lowest BCUT2D eigenvalue weighted by Gasteiger charge is -2.50. The Bertz CT molecular complexity index is 1390. The standard InChI is InChI=1S/C32H52O28/c1-6(36)51-5-10-13(39)16(42)25(59-31-20(46)17(43)23(26(60-31)27(48)49)57-30-19(45)15(41)12(38)8(3-34)54-30)32(55-10)58-24-21(47)28(50)52-9(4-35)22(24)56-29-18(44)14(40)11(37)7(2-33)53-29/h7-26,28-35,37-47,50H,2-5H2,1H3,(H,48,49)/t7-,8-,9-,10-,11-,12-,13-,14+,15+,16+,17-,18-,19+,20-,21-,22-,23+,24-,25+,26+,28-,29+,30+,31-,32-/m1/s1. The van der Waals surface area contributed by atoms with Gasteiger partial charge in [0.2, 0.25) is 0 Å². The third kappa shape index (κ3) is 10.2. The number of aliphatic hydroxyl groups excluding tert-OH is 15. The Kier molecular flexibility index (Phi) is 16.9. The van der Waals surface area contributed by atoms with E-state index in [9.17, 15) is 91.3 Å². The lowest BCUT2D eigenvalue weighted by molar-refractivity contribution is -0.402. The van der Waals surface area contributed by atoms with Crippen molar-refractivity contribution >= 4 is 11.9 Å². The highest BCUT2D eigenvalue weighted by atomic mass is 16.8. The second kappa shape index (κ2) is 20.7. The van der Waals surface area contributed by atoms with E-state index in [1.165, 1.54) is 0 Å². The predicted octanol–water partition coefficient (Wildman–Crippen LogP) is -11.3. The smallest absolute Gasteiger partial charge is 0.335 e. The summed E-state index contributed by atoms with van der Waals surface area (Å²) >= 11 is 0. The highest BCUT2D eigenvalue weighted by Gasteiger charge is 2.58. The van der Waals surface area contributed by atoms with Crippen molar-refractivity contribution in [2.24, 2.45) is 0 Å². The first-order chi connectivity index (χ1) is 28.2. The van der Waals surface area contributed by atoms with Gasteiger partial charge in [0.1, 0.15) is 123 Å². The van der Waals surface area contributed by atoms with Crippen LogP contribution < -0.4 is 0 Å². The molecule has 5 aliphatic rings. The Labute approximate surface area is 337 Å². The van der Waals surface area contributed by atoms with Crippen LogP contribution in [-0.4, -0.2) is 274 Å². The Morgan fingerprint density at radius 2 is 0.850 bits per heavy atom. The Balaban J connectivity index is 1.43. The van der Waals surface area contributed by atoms with Gasteiger partial charge in [0.25, 0.3) is 0 Å². The lowest BCUT2D eigenvalue weighted by Crippen LogP contribution is -2.68. The van der Waals surface area contributed by atoms with Gasteiger partial charge in [-0.3, -0.25) is 4.79 Å². The summed E-state index contributed by atoms with van der Waals surface area (Å²) < 4.78 is 54.5. The number of carboxylic acids is 1. The van der Waals surface area contributed by atoms with E-state index < -0.39 is 192 Å². The zero-order valence-corrected chi connectivity index (χ0v) is 31.3. The summed E-state index contributed by atoms with van der Waals surface area (Å²) in [7, 11) is 0. The average molecular weight is 885 g/mol. The summed E-state index contributed by atoms with van der Waals surface area (Å²) in [6, 6.07) is 0. The molecular formula is C32H52O28. The summed E-state index contributed by atoms with van der Waals surface area (Å²) in [6.07, 6.45) is -50.9. The number of hydrogen-bond acceptors (Lipinski definition) is 27. The van der Waals surface area contributed by atoms with E-state index in [0.29, 0.717) is 0 Å². The fourth-order valence-electron chi connectivity index (χ4n) is 7.15. The highest BCUT2D eigenvalue weighted by molar-refractivity contribution is 5.73. The number of ether oxygens (including phenoxy) is 10. The van der Waals surface area contributed by atoms with Crippen molar-refractivity contribution in [1.82, 2.24) is 0 Å². The van der Waals surface area contributed by atoms with Crippen LogP contribution in [0, 0.1) is 0 Å². The maximum atomic E-state index is 12.4. The maximum Gasteiger partial charge on any atom is 0.335 e. The second-order valence-electron chi connectivity index (χ2n) is 14.6. The van der Waals surface area contributed by atoms with Crippen LogP contribution in [0.25, 0.3) is 0 Å². The summed E-state index contributed by atoms with van der Waals surface area (Å²) in [5, 5.41) is 167. The van der Waals surface area contributed by atoms with Gasteiger partial charge >= 0.3 is 11.9 Å². The van der Waals surface area contributed by atoms with Crippen molar-refractivity contribution in [3.63, 3.8) is 0 Å². The predicted molar refractivity (Wildman–Crippen MR) is 177 cm³/mol. The SMILES string of the molecule is CC(=O)OC[C@H]1O[C@H](O[C@@H]2[C@@H](O)[C@H](O)O[C@H](CO)[C@H]2O[C@@H]2O[C@H](CO)[C@@H](O)[C@H](O)[C@H]2O)[C@@H](O[C@@H]2O[C@H](C(=O)O)[C@@H](O[C@@H]3O[C@H](CO)[C@@H](O)[C@H](O)[C@@H]3O)[C@H](O)[C@H]2O)[C@@H](O)[C@@H]1O. The Morgan fingerprint density at radius 3 is 1.35 bits per heavy atom. The van der Waals surface area contributed by atoms with E-state index in [4.69, 9.17) is 47.4 Å². The molecule has 0 aromatic heterocycles. The monoisotopic (exact) mass is 884 g/mol. The van der Waals surface area contributed by atoms with Crippen LogP contribution in [0.15, 0.2) is 0 Å². The van der Waals surface area contributed by atoms with E-state index in [1.54, 1.807) is 0 Å². The molecule has 0 unspecified atom stereocenters. The average Bonchev–Trinajstić information content (AvgIpc) is 3.21. The minimum Gasteiger partial charge on any atom is -0.479 e. The molecule has 0 radical (unpaired) electrons. The molecule has 5 aliphatic heterocycles. The van der Waals surface area contributed by atoms with Crippen LogP contribution in [0.3, 0.4) is 0 Å². The van der Waals surface area contributed by atoms with Crippen molar-refractivity contribution in [2.45, 2.75) is 160 Å². The first kappa shape index (κ1) is 49.0. The van der Waals surface area contributed by atoms with Gasteiger partial charge in [-0.25, -0.2) is 4.79 Å². The van der Waals surface area contributed by atoms with Crippen LogP contribution in [-0.2, 0) is 57.0 Å². The summed E-state index contributed by atoms with van der Waals surface area (Å²) in [4.78, 5) is 24.0. The van der Waals surface area contributed by atoms with E-state index in [2.05, 4.69) is 0 Å². The minimum absolute atomic E-state index is 0.775. The van der Waals surface area contributed by atoms with Gasteiger partial charge in [-0.1, -0.05) is 0 Å².